The molecule has 0 radical (unpaired) electrons. The minimum absolute atomic E-state index is 0.0201. The average Bonchev–Trinajstić information content (AvgIpc) is 3.13. The summed E-state index contributed by atoms with van der Waals surface area (Å²) in [4.78, 5) is 31.7. The molecule has 8 nitrogen and oxygen atoms in total. The van der Waals surface area contributed by atoms with Crippen LogP contribution in [0.1, 0.15) is 42.9 Å². The lowest BCUT2D eigenvalue weighted by Gasteiger charge is -2.38. The lowest BCUT2D eigenvalue weighted by molar-refractivity contribution is -0.136. The number of aromatic nitrogens is 2. The number of anilines is 1. The van der Waals surface area contributed by atoms with Crippen molar-refractivity contribution in [2.75, 3.05) is 31.6 Å². The third-order valence-corrected chi connectivity index (χ3v) is 8.43. The zero-order valence-electron chi connectivity index (χ0n) is 20.8. The van der Waals surface area contributed by atoms with E-state index in [9.17, 15) is 27.9 Å². The topological polar surface area (TPSA) is 96.7 Å². The molecule has 2 fully saturated rings. The summed E-state index contributed by atoms with van der Waals surface area (Å²) in [5, 5.41) is 13.0. The van der Waals surface area contributed by atoms with Crippen molar-refractivity contribution in [2.45, 2.75) is 49.4 Å². The van der Waals surface area contributed by atoms with Gasteiger partial charge in [0.15, 0.2) is 0 Å². The highest BCUT2D eigenvalue weighted by molar-refractivity contribution is 6.31. The second kappa shape index (κ2) is 9.50. The Labute approximate surface area is 226 Å². The minimum atomic E-state index is -4.74. The maximum absolute atomic E-state index is 13.8. The molecule has 6 rings (SSSR count). The largest absolute Gasteiger partial charge is 0.491 e. The molecule has 0 atom stereocenters. The summed E-state index contributed by atoms with van der Waals surface area (Å²) >= 11 is 6.19. The molecule has 1 saturated heterocycles. The molecule has 206 valence electrons. The standard InChI is InChI=1S/C27H26ClF3N4O4/c28-15-1-2-22-21(9-15)26(25(38)33-22)3-5-34(6-4-26)7-8-39-18-12-19-20(27(29,30)31)13-23(37)35(24(19)32-14-18)16-10-17(36)11-16/h1-2,9,12-14,16-17,36H,3-8,10-11H2,(H,33,38). The van der Waals surface area contributed by atoms with Crippen LogP contribution in [0.25, 0.3) is 11.0 Å². The highest BCUT2D eigenvalue weighted by atomic mass is 35.5. The molecule has 0 bridgehead atoms. The van der Waals surface area contributed by atoms with Crippen LogP contribution < -0.4 is 15.6 Å². The SMILES string of the molecule is O=C1Nc2ccc(Cl)cc2C12CCN(CCOc1cnc3c(c1)c(C(F)(F)F)cc(=O)n3C1CC(O)C1)CC2. The number of benzene rings is 1. The Morgan fingerprint density at radius 1 is 1.15 bits per heavy atom. The number of pyridine rings is 2. The average molecular weight is 563 g/mol. The normalized spacial score (nSPS) is 22.5. The number of hydrogen-bond acceptors (Lipinski definition) is 6. The van der Waals surface area contributed by atoms with Crippen LogP contribution in [0.2, 0.25) is 5.02 Å². The maximum atomic E-state index is 13.8. The van der Waals surface area contributed by atoms with Crippen LogP contribution >= 0.6 is 11.6 Å². The number of aliphatic hydroxyl groups is 1. The summed E-state index contributed by atoms with van der Waals surface area (Å²) in [5.74, 6) is 0.146. The molecule has 1 amide bonds. The van der Waals surface area contributed by atoms with Crippen molar-refractivity contribution in [3.63, 3.8) is 0 Å². The van der Waals surface area contributed by atoms with E-state index in [1.807, 2.05) is 12.1 Å². The van der Waals surface area contributed by atoms with Crippen molar-refractivity contribution in [1.29, 1.82) is 0 Å². The first-order chi connectivity index (χ1) is 18.5. The zero-order chi connectivity index (χ0) is 27.5. The van der Waals surface area contributed by atoms with E-state index in [0.717, 1.165) is 11.3 Å². The van der Waals surface area contributed by atoms with Gasteiger partial charge in [-0.3, -0.25) is 19.1 Å². The van der Waals surface area contributed by atoms with Crippen LogP contribution in [0, 0.1) is 0 Å². The molecule has 1 aliphatic carbocycles. The molecule has 2 N–H and O–H groups in total. The van der Waals surface area contributed by atoms with Crippen LogP contribution in [-0.2, 0) is 16.4 Å². The van der Waals surface area contributed by atoms with E-state index in [-0.39, 0.29) is 42.1 Å². The molecular weight excluding hydrogens is 537 g/mol. The van der Waals surface area contributed by atoms with Crippen molar-refractivity contribution < 1.29 is 27.8 Å². The number of likely N-dealkylation sites (tertiary alicyclic amines) is 1. The van der Waals surface area contributed by atoms with Crippen molar-refractivity contribution in [3.8, 4) is 5.75 Å². The molecule has 2 aromatic heterocycles. The molecule has 1 saturated carbocycles. The number of alkyl halides is 3. The Hall–Kier alpha value is -3.15. The molecule has 12 heteroatoms. The Kier molecular flexibility index (Phi) is 6.35. The highest BCUT2D eigenvalue weighted by Crippen LogP contribution is 2.46. The molecule has 0 unspecified atom stereocenters. The molecular formula is C27H26ClF3N4O4. The van der Waals surface area contributed by atoms with Gasteiger partial charge in [-0.2, -0.15) is 13.2 Å². The quantitative estimate of drug-likeness (QED) is 0.485. The number of aliphatic hydroxyl groups excluding tert-OH is 1. The van der Waals surface area contributed by atoms with E-state index in [1.165, 1.54) is 16.8 Å². The van der Waals surface area contributed by atoms with Gasteiger partial charge in [0.05, 0.1) is 23.3 Å². The van der Waals surface area contributed by atoms with Gasteiger partial charge in [-0.05, 0) is 68.6 Å². The van der Waals surface area contributed by atoms with Gasteiger partial charge in [0.2, 0.25) is 5.91 Å². The Bertz CT molecular complexity index is 1510. The molecule has 3 aliphatic rings. The molecule has 4 heterocycles. The van der Waals surface area contributed by atoms with Crippen LogP contribution in [-0.4, -0.2) is 57.8 Å². The van der Waals surface area contributed by atoms with Gasteiger partial charge in [0.25, 0.3) is 5.56 Å². The van der Waals surface area contributed by atoms with Gasteiger partial charge in [-0.25, -0.2) is 4.98 Å². The fourth-order valence-electron chi connectivity index (χ4n) is 5.97. The predicted molar refractivity (Wildman–Crippen MR) is 138 cm³/mol. The van der Waals surface area contributed by atoms with Gasteiger partial charge >= 0.3 is 6.18 Å². The highest BCUT2D eigenvalue weighted by Gasteiger charge is 2.48. The van der Waals surface area contributed by atoms with Crippen LogP contribution in [0.15, 0.2) is 41.3 Å². The lowest BCUT2D eigenvalue weighted by Crippen LogP contribution is -2.47. The number of nitrogens with one attached hydrogen (secondary N) is 1. The van der Waals surface area contributed by atoms with Crippen molar-refractivity contribution >= 4 is 34.2 Å². The van der Waals surface area contributed by atoms with Crippen LogP contribution in [0.5, 0.6) is 5.75 Å². The number of piperidine rings is 1. The molecule has 1 aromatic carbocycles. The van der Waals surface area contributed by atoms with E-state index < -0.39 is 34.9 Å². The van der Waals surface area contributed by atoms with E-state index in [1.54, 1.807) is 6.07 Å². The number of ether oxygens (including phenoxy) is 1. The molecule has 2 aliphatic heterocycles. The maximum Gasteiger partial charge on any atom is 0.417 e. The smallest absolute Gasteiger partial charge is 0.417 e. The molecule has 3 aromatic rings. The minimum Gasteiger partial charge on any atom is -0.491 e. The zero-order valence-corrected chi connectivity index (χ0v) is 21.6. The number of hydrogen-bond donors (Lipinski definition) is 2. The van der Waals surface area contributed by atoms with Crippen molar-refractivity contribution in [2.24, 2.45) is 0 Å². The summed E-state index contributed by atoms with van der Waals surface area (Å²) in [6, 6.07) is 6.88. The fourth-order valence-corrected chi connectivity index (χ4v) is 6.15. The summed E-state index contributed by atoms with van der Waals surface area (Å²) in [5.41, 5.74) is -0.823. The second-order valence-electron chi connectivity index (χ2n) is 10.5. The van der Waals surface area contributed by atoms with Gasteiger partial charge < -0.3 is 15.2 Å². The first kappa shape index (κ1) is 26.1. The van der Waals surface area contributed by atoms with E-state index in [4.69, 9.17) is 16.3 Å². The number of carbonyl (C=O) groups excluding carboxylic acids is 1. The first-order valence-corrected chi connectivity index (χ1v) is 13.2. The summed E-state index contributed by atoms with van der Waals surface area (Å²) in [6.07, 6.45) is -2.19. The van der Waals surface area contributed by atoms with E-state index in [0.29, 0.717) is 43.6 Å². The summed E-state index contributed by atoms with van der Waals surface area (Å²) in [7, 11) is 0. The summed E-state index contributed by atoms with van der Waals surface area (Å²) < 4.78 is 48.4. The monoisotopic (exact) mass is 562 g/mol. The molecule has 39 heavy (non-hydrogen) atoms. The number of nitrogens with zero attached hydrogens (tertiary/aromatic N) is 3. The van der Waals surface area contributed by atoms with Crippen molar-refractivity contribution in [1.82, 2.24) is 14.5 Å². The van der Waals surface area contributed by atoms with Crippen LogP contribution in [0.3, 0.4) is 0 Å². The van der Waals surface area contributed by atoms with Gasteiger partial charge in [0, 0.05) is 34.7 Å². The number of carbonyl (C=O) groups is 1. The van der Waals surface area contributed by atoms with Gasteiger partial charge in [-0.1, -0.05) is 11.6 Å². The number of fused-ring (bicyclic) bond motifs is 3. The molecule has 1 spiro atoms. The second-order valence-corrected chi connectivity index (χ2v) is 10.9. The lowest BCUT2D eigenvalue weighted by atomic mass is 9.73. The Morgan fingerprint density at radius 2 is 1.90 bits per heavy atom. The Balaban J connectivity index is 1.15. The number of rotatable bonds is 5. The van der Waals surface area contributed by atoms with E-state index >= 15 is 0 Å². The number of amides is 1. The van der Waals surface area contributed by atoms with Crippen LogP contribution in [0.4, 0.5) is 18.9 Å². The number of halogens is 4. The predicted octanol–water partition coefficient (Wildman–Crippen LogP) is 4.13. The van der Waals surface area contributed by atoms with E-state index in [2.05, 4.69) is 15.2 Å². The Morgan fingerprint density at radius 3 is 2.59 bits per heavy atom. The van der Waals surface area contributed by atoms with Crippen molar-refractivity contribution in [3.05, 3.63) is 63.0 Å². The fraction of sp³-hybridized carbons (Fsp3) is 0.444. The summed E-state index contributed by atoms with van der Waals surface area (Å²) in [6.45, 7) is 2.03. The van der Waals surface area contributed by atoms with Gasteiger partial charge in [-0.15, -0.1) is 0 Å². The first-order valence-electron chi connectivity index (χ1n) is 12.8. The third-order valence-electron chi connectivity index (χ3n) is 8.19. The third kappa shape index (κ3) is 4.56. The van der Waals surface area contributed by atoms with Gasteiger partial charge in [0.1, 0.15) is 18.0 Å².